The molecule has 2 aliphatic rings. The Morgan fingerprint density at radius 1 is 1.23 bits per heavy atom. The Morgan fingerprint density at radius 2 is 2.08 bits per heavy atom. The third-order valence-electron chi connectivity index (χ3n) is 6.14. The second-order valence-electron chi connectivity index (χ2n) is 7.82. The number of benzene rings is 1. The van der Waals surface area contributed by atoms with Crippen molar-refractivity contribution in [3.63, 3.8) is 0 Å². The van der Waals surface area contributed by atoms with E-state index in [9.17, 15) is 4.79 Å². The quantitative estimate of drug-likeness (QED) is 0.913. The molecule has 5 nitrogen and oxygen atoms in total. The lowest BCUT2D eigenvalue weighted by atomic mass is 9.83. The first-order chi connectivity index (χ1) is 12.7. The minimum atomic E-state index is 0.0769. The van der Waals surface area contributed by atoms with Gasteiger partial charge in [0.25, 0.3) is 5.91 Å². The molecule has 2 unspecified atom stereocenters. The van der Waals surface area contributed by atoms with Crippen molar-refractivity contribution in [2.75, 3.05) is 33.8 Å². The number of methoxy groups -OCH3 is 1. The minimum absolute atomic E-state index is 0.0769. The first kappa shape index (κ1) is 17.4. The summed E-state index contributed by atoms with van der Waals surface area (Å²) in [6, 6.07) is 8.44. The number of carbonyl (C=O) groups is 1. The monoisotopic (exact) mass is 355 g/mol. The third-order valence-corrected chi connectivity index (χ3v) is 6.14. The van der Waals surface area contributed by atoms with Gasteiger partial charge in [-0.3, -0.25) is 4.79 Å². The van der Waals surface area contributed by atoms with Crippen LogP contribution in [0.2, 0.25) is 0 Å². The SMILES string of the molecule is COc1ccc2[nH]c(C(=O)N(C)CC3CCCN4CCCCC34)cc2c1. The van der Waals surface area contributed by atoms with Crippen molar-refractivity contribution in [2.45, 2.75) is 38.1 Å². The number of hydrogen-bond acceptors (Lipinski definition) is 3. The van der Waals surface area contributed by atoms with Gasteiger partial charge in [-0.05, 0) is 69.0 Å². The molecular weight excluding hydrogens is 326 g/mol. The molecule has 26 heavy (non-hydrogen) atoms. The molecule has 2 atom stereocenters. The van der Waals surface area contributed by atoms with Gasteiger partial charge in [0.2, 0.25) is 0 Å². The van der Waals surface area contributed by atoms with Crippen LogP contribution in [0.15, 0.2) is 24.3 Å². The molecule has 0 bridgehead atoms. The van der Waals surface area contributed by atoms with Gasteiger partial charge in [0.15, 0.2) is 0 Å². The fourth-order valence-corrected chi connectivity index (χ4v) is 4.78. The predicted molar refractivity (Wildman–Crippen MR) is 104 cm³/mol. The van der Waals surface area contributed by atoms with E-state index in [0.29, 0.717) is 17.7 Å². The number of nitrogens with one attached hydrogen (secondary N) is 1. The summed E-state index contributed by atoms with van der Waals surface area (Å²) in [5, 5.41) is 1.01. The zero-order valence-corrected chi connectivity index (χ0v) is 15.8. The lowest BCUT2D eigenvalue weighted by Gasteiger charge is -2.45. The minimum Gasteiger partial charge on any atom is -0.497 e. The molecule has 5 heteroatoms. The van der Waals surface area contributed by atoms with Crippen LogP contribution in [-0.4, -0.2) is 60.5 Å². The predicted octanol–water partition coefficient (Wildman–Crippen LogP) is 3.51. The van der Waals surface area contributed by atoms with Crippen LogP contribution in [0.4, 0.5) is 0 Å². The van der Waals surface area contributed by atoms with Crippen LogP contribution < -0.4 is 4.74 Å². The molecule has 1 aromatic carbocycles. The average molecular weight is 355 g/mol. The Kier molecular flexibility index (Phi) is 4.90. The van der Waals surface area contributed by atoms with Gasteiger partial charge >= 0.3 is 0 Å². The second-order valence-corrected chi connectivity index (χ2v) is 7.82. The normalized spacial score (nSPS) is 23.6. The number of aromatic amines is 1. The molecule has 1 N–H and O–H groups in total. The van der Waals surface area contributed by atoms with E-state index in [0.717, 1.165) is 23.2 Å². The zero-order valence-electron chi connectivity index (χ0n) is 15.8. The smallest absolute Gasteiger partial charge is 0.270 e. The number of fused-ring (bicyclic) bond motifs is 2. The maximum Gasteiger partial charge on any atom is 0.270 e. The number of amides is 1. The van der Waals surface area contributed by atoms with Crippen molar-refractivity contribution < 1.29 is 9.53 Å². The highest BCUT2D eigenvalue weighted by Gasteiger charge is 2.34. The molecule has 2 aliphatic heterocycles. The highest BCUT2D eigenvalue weighted by molar-refractivity contribution is 5.98. The fraction of sp³-hybridized carbons (Fsp3) is 0.571. The highest BCUT2D eigenvalue weighted by Crippen LogP contribution is 2.31. The molecule has 1 amide bonds. The number of nitrogens with zero attached hydrogens (tertiary/aromatic N) is 2. The Labute approximate surface area is 155 Å². The molecule has 0 spiro atoms. The Balaban J connectivity index is 1.47. The fourth-order valence-electron chi connectivity index (χ4n) is 4.78. The Bertz CT molecular complexity index is 783. The summed E-state index contributed by atoms with van der Waals surface area (Å²) in [6.45, 7) is 3.32. The van der Waals surface area contributed by atoms with E-state index >= 15 is 0 Å². The molecule has 0 aliphatic carbocycles. The van der Waals surface area contributed by atoms with E-state index in [1.54, 1.807) is 7.11 Å². The number of H-pyrrole nitrogens is 1. The lowest BCUT2D eigenvalue weighted by Crippen LogP contribution is -2.51. The maximum atomic E-state index is 13.0. The first-order valence-corrected chi connectivity index (χ1v) is 9.82. The van der Waals surface area contributed by atoms with Crippen LogP contribution >= 0.6 is 0 Å². The van der Waals surface area contributed by atoms with Gasteiger partial charge in [0.1, 0.15) is 11.4 Å². The average Bonchev–Trinajstić information content (AvgIpc) is 3.10. The lowest BCUT2D eigenvalue weighted by molar-refractivity contribution is 0.0401. The third kappa shape index (κ3) is 3.32. The van der Waals surface area contributed by atoms with E-state index in [4.69, 9.17) is 4.74 Å². The van der Waals surface area contributed by atoms with Gasteiger partial charge in [-0.2, -0.15) is 0 Å². The molecule has 2 aromatic rings. The van der Waals surface area contributed by atoms with Gasteiger partial charge in [0.05, 0.1) is 7.11 Å². The number of rotatable bonds is 4. The molecule has 0 saturated carbocycles. The highest BCUT2D eigenvalue weighted by atomic mass is 16.5. The van der Waals surface area contributed by atoms with Gasteiger partial charge in [-0.1, -0.05) is 6.42 Å². The van der Waals surface area contributed by atoms with Crippen molar-refractivity contribution in [1.29, 1.82) is 0 Å². The van der Waals surface area contributed by atoms with Crippen molar-refractivity contribution in [1.82, 2.24) is 14.8 Å². The van der Waals surface area contributed by atoms with Gasteiger partial charge in [0, 0.05) is 30.5 Å². The summed E-state index contributed by atoms with van der Waals surface area (Å²) in [6.07, 6.45) is 6.45. The Hall–Kier alpha value is -2.01. The number of ether oxygens (including phenoxy) is 1. The van der Waals surface area contributed by atoms with Crippen LogP contribution in [-0.2, 0) is 0 Å². The topological polar surface area (TPSA) is 48.6 Å². The summed E-state index contributed by atoms with van der Waals surface area (Å²) in [4.78, 5) is 20.8. The molecule has 2 fully saturated rings. The van der Waals surface area contributed by atoms with E-state index in [1.165, 1.54) is 45.2 Å². The summed E-state index contributed by atoms with van der Waals surface area (Å²) >= 11 is 0. The number of piperidine rings is 2. The number of hydrogen-bond donors (Lipinski definition) is 1. The van der Waals surface area contributed by atoms with Crippen molar-refractivity contribution in [2.24, 2.45) is 5.92 Å². The maximum absolute atomic E-state index is 13.0. The van der Waals surface area contributed by atoms with E-state index < -0.39 is 0 Å². The zero-order chi connectivity index (χ0) is 18.1. The summed E-state index contributed by atoms with van der Waals surface area (Å²) in [7, 11) is 3.60. The molecular formula is C21H29N3O2. The Morgan fingerprint density at radius 3 is 2.92 bits per heavy atom. The van der Waals surface area contributed by atoms with Gasteiger partial charge in [-0.15, -0.1) is 0 Å². The van der Waals surface area contributed by atoms with Crippen LogP contribution in [0.25, 0.3) is 10.9 Å². The summed E-state index contributed by atoms with van der Waals surface area (Å²) < 4.78 is 5.28. The molecule has 0 radical (unpaired) electrons. The standard InChI is InChI=1S/C21H29N3O2/c1-23(14-15-6-5-11-24-10-4-3-7-20(15)24)21(25)19-13-16-12-17(26-2)8-9-18(16)22-19/h8-9,12-13,15,20,22H,3-7,10-11,14H2,1-2H3. The molecule has 3 heterocycles. The van der Waals surface area contributed by atoms with E-state index in [2.05, 4.69) is 9.88 Å². The largest absolute Gasteiger partial charge is 0.497 e. The second kappa shape index (κ2) is 7.31. The van der Waals surface area contributed by atoms with Gasteiger partial charge in [-0.25, -0.2) is 0 Å². The molecule has 1 aromatic heterocycles. The van der Waals surface area contributed by atoms with Crippen molar-refractivity contribution >= 4 is 16.8 Å². The number of carbonyl (C=O) groups excluding carboxylic acids is 1. The van der Waals surface area contributed by atoms with E-state index in [1.807, 2.05) is 36.2 Å². The van der Waals surface area contributed by atoms with Gasteiger partial charge < -0.3 is 19.5 Å². The molecule has 140 valence electrons. The van der Waals surface area contributed by atoms with Crippen molar-refractivity contribution in [3.8, 4) is 5.75 Å². The number of aromatic nitrogens is 1. The van der Waals surface area contributed by atoms with E-state index in [-0.39, 0.29) is 5.91 Å². The van der Waals surface area contributed by atoms with Crippen LogP contribution in [0.5, 0.6) is 5.75 Å². The molecule has 2 saturated heterocycles. The van der Waals surface area contributed by atoms with Crippen LogP contribution in [0.3, 0.4) is 0 Å². The molecule has 4 rings (SSSR count). The summed E-state index contributed by atoms with van der Waals surface area (Å²) in [5.41, 5.74) is 1.63. The van der Waals surface area contributed by atoms with Crippen LogP contribution in [0.1, 0.15) is 42.6 Å². The first-order valence-electron chi connectivity index (χ1n) is 9.82. The summed E-state index contributed by atoms with van der Waals surface area (Å²) in [5.74, 6) is 1.49. The van der Waals surface area contributed by atoms with Crippen molar-refractivity contribution in [3.05, 3.63) is 30.0 Å². The van der Waals surface area contributed by atoms with Crippen LogP contribution in [0, 0.1) is 5.92 Å².